The Morgan fingerprint density at radius 2 is 2.11 bits per heavy atom. The van der Waals surface area contributed by atoms with E-state index in [-0.39, 0.29) is 24.0 Å². The second-order valence-corrected chi connectivity index (χ2v) is 4.58. The number of hydrogen-bond donors (Lipinski definition) is 2. The van der Waals surface area contributed by atoms with Crippen LogP contribution in [0.5, 0.6) is 11.5 Å². The van der Waals surface area contributed by atoms with Gasteiger partial charge in [-0.2, -0.15) is 0 Å². The van der Waals surface area contributed by atoms with Gasteiger partial charge in [0.1, 0.15) is 0 Å². The van der Waals surface area contributed by atoms with E-state index >= 15 is 0 Å². The molecule has 2 N–H and O–H groups in total. The number of rotatable bonds is 4. The molecular formula is C13H17NO4. The van der Waals surface area contributed by atoms with Crippen LogP contribution in [0.2, 0.25) is 0 Å². The maximum Gasteiger partial charge on any atom is 0.260 e. The summed E-state index contributed by atoms with van der Waals surface area (Å²) in [6, 6.07) is 6.50. The molecule has 0 aliphatic carbocycles. The molecule has 0 radical (unpaired) electrons. The van der Waals surface area contributed by atoms with Crippen LogP contribution in [0.15, 0.2) is 24.3 Å². The monoisotopic (exact) mass is 251 g/mol. The van der Waals surface area contributed by atoms with Crippen LogP contribution in [0.4, 0.5) is 0 Å². The molecule has 5 heteroatoms. The second kappa shape index (κ2) is 4.86. The van der Waals surface area contributed by atoms with E-state index in [4.69, 9.17) is 4.74 Å². The van der Waals surface area contributed by atoms with Gasteiger partial charge in [-0.15, -0.1) is 0 Å². The van der Waals surface area contributed by atoms with Crippen molar-refractivity contribution in [2.24, 2.45) is 0 Å². The van der Waals surface area contributed by atoms with E-state index in [0.717, 1.165) is 0 Å². The Kier molecular flexibility index (Phi) is 3.43. The zero-order chi connectivity index (χ0) is 13.2. The van der Waals surface area contributed by atoms with Gasteiger partial charge in [0.25, 0.3) is 5.91 Å². The van der Waals surface area contributed by atoms with E-state index in [1.54, 1.807) is 23.1 Å². The molecular weight excluding hydrogens is 234 g/mol. The molecule has 98 valence electrons. The topological polar surface area (TPSA) is 70.0 Å². The Labute approximate surface area is 106 Å². The van der Waals surface area contributed by atoms with E-state index in [1.807, 2.05) is 6.92 Å². The highest BCUT2D eigenvalue weighted by Gasteiger charge is 2.41. The lowest BCUT2D eigenvalue weighted by Gasteiger charge is -2.45. The van der Waals surface area contributed by atoms with Crippen LogP contribution >= 0.6 is 0 Å². The number of β-amino-alcohol motifs (C(OH)–C–C–N with tert-alkyl or cyclic N) is 1. The molecule has 1 amide bonds. The highest BCUT2D eigenvalue weighted by Crippen LogP contribution is 2.26. The van der Waals surface area contributed by atoms with Crippen molar-refractivity contribution in [3.63, 3.8) is 0 Å². The second-order valence-electron chi connectivity index (χ2n) is 4.58. The number of para-hydroxylation sites is 2. The number of phenolic OH excluding ortho intramolecular Hbond substituents is 1. The fraction of sp³-hybridized carbons (Fsp3) is 0.462. The van der Waals surface area contributed by atoms with Crippen LogP contribution in [0, 0.1) is 0 Å². The van der Waals surface area contributed by atoms with Crippen molar-refractivity contribution in [2.75, 3.05) is 19.7 Å². The third kappa shape index (κ3) is 2.56. The summed E-state index contributed by atoms with van der Waals surface area (Å²) in [6.07, 6.45) is 0.636. The van der Waals surface area contributed by atoms with Crippen molar-refractivity contribution in [3.8, 4) is 11.5 Å². The van der Waals surface area contributed by atoms with Crippen LogP contribution in [0.3, 0.4) is 0 Å². The molecule has 1 aliphatic heterocycles. The summed E-state index contributed by atoms with van der Waals surface area (Å²) >= 11 is 0. The SMILES string of the molecule is CCC1(O)CN(C(=O)COc2ccccc2O)C1. The van der Waals surface area contributed by atoms with Crippen molar-refractivity contribution in [1.82, 2.24) is 4.90 Å². The van der Waals surface area contributed by atoms with Crippen LogP contribution in [-0.4, -0.2) is 46.3 Å². The van der Waals surface area contributed by atoms with E-state index < -0.39 is 5.60 Å². The minimum atomic E-state index is -0.732. The van der Waals surface area contributed by atoms with Gasteiger partial charge in [-0.3, -0.25) is 4.79 Å². The molecule has 0 unspecified atom stereocenters. The van der Waals surface area contributed by atoms with Crippen molar-refractivity contribution in [2.45, 2.75) is 18.9 Å². The molecule has 18 heavy (non-hydrogen) atoms. The lowest BCUT2D eigenvalue weighted by Crippen LogP contribution is -2.63. The van der Waals surface area contributed by atoms with E-state index in [9.17, 15) is 15.0 Å². The predicted molar refractivity (Wildman–Crippen MR) is 65.4 cm³/mol. The van der Waals surface area contributed by atoms with Gasteiger partial charge in [0.15, 0.2) is 18.1 Å². The molecule has 0 saturated carbocycles. The van der Waals surface area contributed by atoms with Gasteiger partial charge < -0.3 is 19.8 Å². The Bertz CT molecular complexity index is 440. The lowest BCUT2D eigenvalue weighted by atomic mass is 9.91. The molecule has 1 fully saturated rings. The zero-order valence-corrected chi connectivity index (χ0v) is 10.3. The first-order valence-corrected chi connectivity index (χ1v) is 5.95. The molecule has 1 aliphatic rings. The fourth-order valence-corrected chi connectivity index (χ4v) is 1.87. The standard InChI is InChI=1S/C13H17NO4/c1-2-13(17)8-14(9-13)12(16)7-18-11-6-4-3-5-10(11)15/h3-6,15,17H,2,7-9H2,1H3. The molecule has 1 aromatic rings. The minimum absolute atomic E-state index is 0.0129. The quantitative estimate of drug-likeness (QED) is 0.828. The number of carbonyl (C=O) groups is 1. The van der Waals surface area contributed by atoms with Crippen LogP contribution in [0.25, 0.3) is 0 Å². The van der Waals surface area contributed by atoms with E-state index in [0.29, 0.717) is 19.5 Å². The van der Waals surface area contributed by atoms with Crippen LogP contribution < -0.4 is 4.74 Å². The summed E-state index contributed by atoms with van der Waals surface area (Å²) in [6.45, 7) is 2.47. The highest BCUT2D eigenvalue weighted by atomic mass is 16.5. The van der Waals surface area contributed by atoms with E-state index in [1.165, 1.54) is 6.07 Å². The van der Waals surface area contributed by atoms with Gasteiger partial charge in [-0.05, 0) is 18.6 Å². The Morgan fingerprint density at radius 3 is 2.72 bits per heavy atom. The van der Waals surface area contributed by atoms with Gasteiger partial charge in [-0.1, -0.05) is 19.1 Å². The first-order chi connectivity index (χ1) is 8.54. The maximum atomic E-state index is 11.7. The summed E-state index contributed by atoms with van der Waals surface area (Å²) in [5.74, 6) is 0.118. The van der Waals surface area contributed by atoms with Gasteiger partial charge in [0.2, 0.25) is 0 Å². The minimum Gasteiger partial charge on any atom is -0.504 e. The number of benzene rings is 1. The van der Waals surface area contributed by atoms with Crippen LogP contribution in [0.1, 0.15) is 13.3 Å². The lowest BCUT2D eigenvalue weighted by molar-refractivity contribution is -0.157. The predicted octanol–water partition coefficient (Wildman–Crippen LogP) is 0.754. The normalized spacial score (nSPS) is 17.1. The average Bonchev–Trinajstić information content (AvgIpc) is 2.33. The Morgan fingerprint density at radius 1 is 1.44 bits per heavy atom. The highest BCUT2D eigenvalue weighted by molar-refractivity contribution is 5.79. The van der Waals surface area contributed by atoms with Gasteiger partial charge >= 0.3 is 0 Å². The van der Waals surface area contributed by atoms with Crippen molar-refractivity contribution >= 4 is 5.91 Å². The molecule has 0 bridgehead atoms. The molecule has 1 heterocycles. The summed E-state index contributed by atoms with van der Waals surface area (Å²) in [7, 11) is 0. The number of nitrogens with zero attached hydrogens (tertiary/aromatic N) is 1. The summed E-state index contributed by atoms with van der Waals surface area (Å²) in [5, 5.41) is 19.3. The number of aliphatic hydroxyl groups is 1. The third-order valence-electron chi connectivity index (χ3n) is 3.20. The van der Waals surface area contributed by atoms with Gasteiger partial charge in [0, 0.05) is 0 Å². The summed E-state index contributed by atoms with van der Waals surface area (Å²) < 4.78 is 5.23. The molecule has 1 aromatic carbocycles. The summed E-state index contributed by atoms with van der Waals surface area (Å²) in [5.41, 5.74) is -0.732. The van der Waals surface area contributed by atoms with E-state index in [2.05, 4.69) is 0 Å². The largest absolute Gasteiger partial charge is 0.504 e. The van der Waals surface area contributed by atoms with Gasteiger partial charge in [0.05, 0.1) is 18.7 Å². The van der Waals surface area contributed by atoms with Crippen LogP contribution in [-0.2, 0) is 4.79 Å². The van der Waals surface area contributed by atoms with Crippen molar-refractivity contribution in [1.29, 1.82) is 0 Å². The zero-order valence-electron chi connectivity index (χ0n) is 10.3. The summed E-state index contributed by atoms with van der Waals surface area (Å²) in [4.78, 5) is 13.3. The van der Waals surface area contributed by atoms with Crippen molar-refractivity contribution < 1.29 is 19.7 Å². The number of aromatic hydroxyl groups is 1. The fourth-order valence-electron chi connectivity index (χ4n) is 1.87. The first-order valence-electron chi connectivity index (χ1n) is 5.95. The number of hydrogen-bond acceptors (Lipinski definition) is 4. The van der Waals surface area contributed by atoms with Crippen molar-refractivity contribution in [3.05, 3.63) is 24.3 Å². The number of amides is 1. The number of carbonyl (C=O) groups excluding carboxylic acids is 1. The molecule has 0 aromatic heterocycles. The third-order valence-corrected chi connectivity index (χ3v) is 3.20. The maximum absolute atomic E-state index is 11.7. The number of likely N-dealkylation sites (tertiary alicyclic amines) is 1. The Balaban J connectivity index is 1.82. The molecule has 0 spiro atoms. The molecule has 1 saturated heterocycles. The van der Waals surface area contributed by atoms with Gasteiger partial charge in [-0.25, -0.2) is 0 Å². The molecule has 5 nitrogen and oxygen atoms in total. The first kappa shape index (κ1) is 12.7. The smallest absolute Gasteiger partial charge is 0.260 e. The molecule has 2 rings (SSSR count). The molecule has 0 atom stereocenters. The number of ether oxygens (including phenoxy) is 1. The average molecular weight is 251 g/mol. The number of phenols is 1. The Hall–Kier alpha value is -1.75.